The van der Waals surface area contributed by atoms with Crippen molar-refractivity contribution in [2.75, 3.05) is 0 Å². The van der Waals surface area contributed by atoms with Gasteiger partial charge in [-0.15, -0.1) is 0 Å². The molecule has 18 aromatic carbocycles. The van der Waals surface area contributed by atoms with Gasteiger partial charge in [0.2, 0.25) is 0 Å². The maximum atomic E-state index is 10.2. The van der Waals surface area contributed by atoms with Gasteiger partial charge in [-0.05, 0) is 167 Å². The second kappa shape index (κ2) is 27.3. The van der Waals surface area contributed by atoms with Gasteiger partial charge in [-0.25, -0.2) is 0 Å². The third-order valence-electron chi connectivity index (χ3n) is 20.1. The predicted octanol–water partition coefficient (Wildman–Crippen LogP) is 26.5. The van der Waals surface area contributed by atoms with Gasteiger partial charge in [0, 0.05) is 37.1 Å². The monoisotopic (exact) mass is 1380 g/mol. The molecule has 0 aliphatic carbocycles. The molecule has 20 rings (SSSR count). The number of halogens is 1. The van der Waals surface area contributed by atoms with E-state index in [1.807, 2.05) is 78.9 Å². The van der Waals surface area contributed by atoms with E-state index in [0.29, 0.717) is 5.46 Å². The fraction of sp³-hybridized carbons (Fsp3) is 0.0103. The molecule has 103 heavy (non-hydrogen) atoms. The number of hydrogen-bond acceptors (Lipinski definition) is 4. The summed E-state index contributed by atoms with van der Waals surface area (Å²) in [6, 6.07) is 128. The zero-order valence-corrected chi connectivity index (χ0v) is 56.9. The van der Waals surface area contributed by atoms with Crippen molar-refractivity contribution in [3.8, 4) is 77.9 Å². The van der Waals surface area contributed by atoms with Gasteiger partial charge >= 0.3 is 7.12 Å². The Labute approximate surface area is 605 Å². The molecule has 4 nitrogen and oxygen atoms in total. The van der Waals surface area contributed by atoms with Gasteiger partial charge in [-0.1, -0.05) is 357 Å². The number of fused-ring (bicyclic) bond motifs is 12. The zero-order valence-electron chi connectivity index (χ0n) is 55.3. The molecule has 0 atom stereocenters. The normalized spacial score (nSPS) is 11.4. The van der Waals surface area contributed by atoms with E-state index >= 15 is 0 Å². The van der Waals surface area contributed by atoms with Crippen LogP contribution < -0.4 is 5.46 Å². The Balaban J connectivity index is 0.000000125. The molecule has 20 aromatic rings. The molecule has 0 amide bonds. The van der Waals surface area contributed by atoms with Gasteiger partial charge in [0.25, 0.3) is 0 Å². The number of furan rings is 2. The minimum atomic E-state index is -1.54. The van der Waals surface area contributed by atoms with Crippen LogP contribution in [0.4, 0.5) is 0 Å². The third kappa shape index (κ3) is 11.6. The van der Waals surface area contributed by atoms with E-state index in [4.69, 9.17) is 8.83 Å². The standard InChI is InChI=1S/C48H30O.C30H21BO2.C18H11BrO.CH4/c1-2-16-36-31(12-1)13-10-22-37(36)32-26-28-33(29-27-32)46-40-18-3-5-20-42(40)47(43-21-6-4-19-41(43)46)35-15-9-14-34(30-35)38-23-11-24-44-39-17-7-8-25-45(39)49-48(38)44;32-31(33)30-27-13-5-3-11-25(27)29(26-12-4-6-14-28(26)30)22-18-16-21(17-19-22)24-15-7-9-20-8-1-2-10-23(20)24;19-13-6-3-5-12(11-13)14-8-4-9-16-15-7-1-2-10-17(15)20-18(14)16;/h1-30H;1-19,32-33H;1-11H;1H4. The smallest absolute Gasteiger partial charge is 0.455 e. The number of para-hydroxylation sites is 4. The highest BCUT2D eigenvalue weighted by atomic mass is 79.9. The molecule has 2 aromatic heterocycles. The van der Waals surface area contributed by atoms with Crippen LogP contribution in [0.1, 0.15) is 7.43 Å². The fourth-order valence-corrected chi connectivity index (χ4v) is 15.9. The van der Waals surface area contributed by atoms with E-state index in [1.165, 1.54) is 93.0 Å². The first-order valence-electron chi connectivity index (χ1n) is 34.4. The SMILES string of the molecule is Brc1cccc(-c2cccc3c2oc2ccccc23)c1.C.OB(O)c1c2ccccc2c(-c2ccc(-c3cccc4ccccc34)cc2)c2ccccc12.c1cc(-c2c3ccccc3c(-c3ccc(-c4cccc5ccccc45)cc3)c3ccccc23)cc(-c2cccc3c2oc2ccccc23)c1. The second-order valence-electron chi connectivity index (χ2n) is 26.0. The first-order valence-corrected chi connectivity index (χ1v) is 35.2. The Kier molecular flexibility index (Phi) is 16.9. The van der Waals surface area contributed by atoms with E-state index in [-0.39, 0.29) is 7.43 Å². The summed E-state index contributed by atoms with van der Waals surface area (Å²) in [5.41, 5.74) is 20.8. The van der Waals surface area contributed by atoms with Crippen molar-refractivity contribution >= 4 is 137 Å². The van der Waals surface area contributed by atoms with Crippen LogP contribution in [0.5, 0.6) is 0 Å². The number of rotatable bonds is 8. The average molecular weight is 1390 g/mol. The Hall–Kier alpha value is -12.4. The highest BCUT2D eigenvalue weighted by Gasteiger charge is 2.24. The van der Waals surface area contributed by atoms with Crippen LogP contribution in [0.2, 0.25) is 0 Å². The van der Waals surface area contributed by atoms with Crippen molar-refractivity contribution in [2.24, 2.45) is 0 Å². The van der Waals surface area contributed by atoms with Crippen LogP contribution >= 0.6 is 15.9 Å². The Morgan fingerprint density at radius 2 is 0.515 bits per heavy atom. The first kappa shape index (κ1) is 64.0. The fourth-order valence-electron chi connectivity index (χ4n) is 15.5. The molecular formula is C97H66BBrO4. The highest BCUT2D eigenvalue weighted by Crippen LogP contribution is 2.47. The molecule has 488 valence electrons. The van der Waals surface area contributed by atoms with E-state index in [0.717, 1.165) is 97.9 Å². The van der Waals surface area contributed by atoms with Crippen molar-refractivity contribution in [2.45, 2.75) is 7.43 Å². The maximum absolute atomic E-state index is 10.2. The summed E-state index contributed by atoms with van der Waals surface area (Å²) in [6.45, 7) is 0. The molecule has 0 saturated heterocycles. The lowest BCUT2D eigenvalue weighted by Crippen LogP contribution is -2.31. The predicted molar refractivity (Wildman–Crippen MR) is 441 cm³/mol. The van der Waals surface area contributed by atoms with Gasteiger partial charge in [0.05, 0.1) is 0 Å². The van der Waals surface area contributed by atoms with Crippen LogP contribution in [-0.2, 0) is 0 Å². The lowest BCUT2D eigenvalue weighted by molar-refractivity contribution is 0.426. The Morgan fingerprint density at radius 1 is 0.223 bits per heavy atom. The molecule has 0 saturated carbocycles. The number of hydrogen-bond donors (Lipinski definition) is 2. The van der Waals surface area contributed by atoms with Gasteiger partial charge < -0.3 is 18.9 Å². The summed E-state index contributed by atoms with van der Waals surface area (Å²) in [5.74, 6) is 0. The first-order chi connectivity index (χ1) is 50.4. The lowest BCUT2D eigenvalue weighted by atomic mass is 9.72. The largest absolute Gasteiger partial charge is 0.489 e. The summed E-state index contributed by atoms with van der Waals surface area (Å²) < 4.78 is 13.6. The molecule has 2 N–H and O–H groups in total. The minimum Gasteiger partial charge on any atom is -0.455 e. The van der Waals surface area contributed by atoms with Crippen LogP contribution in [-0.4, -0.2) is 17.2 Å². The third-order valence-corrected chi connectivity index (χ3v) is 20.6. The maximum Gasteiger partial charge on any atom is 0.489 e. The molecule has 0 unspecified atom stereocenters. The van der Waals surface area contributed by atoms with Crippen LogP contribution in [0, 0.1) is 0 Å². The van der Waals surface area contributed by atoms with Crippen molar-refractivity contribution in [1.82, 2.24) is 0 Å². The van der Waals surface area contributed by atoms with E-state index in [2.05, 4.69) is 301 Å². The molecule has 0 spiro atoms. The van der Waals surface area contributed by atoms with Gasteiger partial charge in [0.15, 0.2) is 0 Å². The molecule has 2 heterocycles. The lowest BCUT2D eigenvalue weighted by Gasteiger charge is -2.18. The average Bonchev–Trinajstić information content (AvgIpc) is 1.28. The van der Waals surface area contributed by atoms with E-state index in [1.54, 1.807) is 0 Å². The molecule has 0 radical (unpaired) electrons. The highest BCUT2D eigenvalue weighted by molar-refractivity contribution is 9.10. The van der Waals surface area contributed by atoms with Crippen molar-refractivity contribution < 1.29 is 18.9 Å². The summed E-state index contributed by atoms with van der Waals surface area (Å²) in [7, 11) is -1.54. The molecule has 0 fully saturated rings. The number of benzene rings is 18. The molecule has 0 aliphatic heterocycles. The van der Waals surface area contributed by atoms with Crippen LogP contribution in [0.3, 0.4) is 0 Å². The van der Waals surface area contributed by atoms with Crippen LogP contribution in [0.15, 0.2) is 377 Å². The topological polar surface area (TPSA) is 66.7 Å². The van der Waals surface area contributed by atoms with E-state index in [9.17, 15) is 10.0 Å². The molecule has 6 heteroatoms. The zero-order chi connectivity index (χ0) is 68.2. The van der Waals surface area contributed by atoms with E-state index < -0.39 is 7.12 Å². The Bertz CT molecular complexity index is 6500. The van der Waals surface area contributed by atoms with Crippen molar-refractivity contribution in [1.29, 1.82) is 0 Å². The van der Waals surface area contributed by atoms with Gasteiger partial charge in [-0.3, -0.25) is 0 Å². The summed E-state index contributed by atoms with van der Waals surface area (Å²) >= 11 is 3.53. The summed E-state index contributed by atoms with van der Waals surface area (Å²) in [4.78, 5) is 0. The second-order valence-corrected chi connectivity index (χ2v) is 26.9. The molecule has 0 bridgehead atoms. The van der Waals surface area contributed by atoms with Crippen molar-refractivity contribution in [3.05, 3.63) is 368 Å². The quantitative estimate of drug-likeness (QED) is 0.118. The molecule has 0 aliphatic rings. The van der Waals surface area contributed by atoms with Crippen LogP contribution in [0.25, 0.3) is 186 Å². The van der Waals surface area contributed by atoms with Gasteiger partial charge in [0.1, 0.15) is 22.3 Å². The summed E-state index contributed by atoms with van der Waals surface area (Å²) in [6.07, 6.45) is 0. The summed E-state index contributed by atoms with van der Waals surface area (Å²) in [5, 5.41) is 38.7. The molecular weight excluding hydrogens is 1320 g/mol. The Morgan fingerprint density at radius 3 is 0.942 bits per heavy atom. The van der Waals surface area contributed by atoms with Gasteiger partial charge in [-0.2, -0.15) is 0 Å². The minimum absolute atomic E-state index is 0. The van der Waals surface area contributed by atoms with Crippen molar-refractivity contribution in [3.63, 3.8) is 0 Å².